The van der Waals surface area contributed by atoms with E-state index in [4.69, 9.17) is 24.8 Å². The number of methoxy groups -OCH3 is 2. The van der Waals surface area contributed by atoms with Gasteiger partial charge in [-0.1, -0.05) is 12.1 Å². The lowest BCUT2D eigenvalue weighted by Gasteiger charge is -2.21. The molecule has 2 N–H and O–H groups in total. The summed E-state index contributed by atoms with van der Waals surface area (Å²) in [5.41, 5.74) is 10.3. The smallest absolute Gasteiger partial charge is 0.286 e. The van der Waals surface area contributed by atoms with Gasteiger partial charge in [-0.2, -0.15) is 10.1 Å². The number of fused-ring (bicyclic) bond motifs is 1. The molecule has 0 aliphatic carbocycles. The number of benzene rings is 2. The second-order valence-corrected chi connectivity index (χ2v) is 6.56. The molecular formula is C20H21N5O3. The van der Waals surface area contributed by atoms with Crippen molar-refractivity contribution in [2.45, 2.75) is 19.4 Å². The van der Waals surface area contributed by atoms with Crippen LogP contribution in [0.5, 0.6) is 11.5 Å². The standard InChI is InChI=1S/C20H21N5O3/c1-12-8-14-9-17(26-2)18(27-3)10-16(14)19(13-4-6-15(21)7-5-13)23-25(12)20-22-11-28-24-20/h4-7,9-12H,8,21H2,1-3H3. The molecule has 8 nitrogen and oxygen atoms in total. The van der Waals surface area contributed by atoms with Crippen LogP contribution in [0.15, 0.2) is 52.4 Å². The minimum absolute atomic E-state index is 0.000678. The molecule has 1 unspecified atom stereocenters. The Morgan fingerprint density at radius 2 is 1.82 bits per heavy atom. The number of hydrogen-bond acceptors (Lipinski definition) is 8. The number of nitrogens with two attached hydrogens (primary N) is 1. The topological polar surface area (TPSA) is 99.0 Å². The SMILES string of the molecule is COc1cc2c(cc1OC)C(c1ccc(N)cc1)=NN(c1ncon1)C(C)C2. The highest BCUT2D eigenvalue weighted by molar-refractivity contribution is 6.14. The monoisotopic (exact) mass is 379 g/mol. The fourth-order valence-corrected chi connectivity index (χ4v) is 3.34. The Morgan fingerprint density at radius 3 is 2.46 bits per heavy atom. The van der Waals surface area contributed by atoms with Crippen molar-refractivity contribution < 1.29 is 14.0 Å². The van der Waals surface area contributed by atoms with E-state index in [-0.39, 0.29) is 6.04 Å². The van der Waals surface area contributed by atoms with Crippen LogP contribution in [0.2, 0.25) is 0 Å². The van der Waals surface area contributed by atoms with E-state index in [1.165, 1.54) is 6.39 Å². The summed E-state index contributed by atoms with van der Waals surface area (Å²) >= 11 is 0. The van der Waals surface area contributed by atoms with E-state index in [0.29, 0.717) is 29.6 Å². The zero-order valence-electron chi connectivity index (χ0n) is 15.9. The number of hydrazone groups is 1. The van der Waals surface area contributed by atoms with E-state index in [1.807, 2.05) is 36.4 Å². The molecule has 28 heavy (non-hydrogen) atoms. The van der Waals surface area contributed by atoms with Crippen LogP contribution in [0.3, 0.4) is 0 Å². The van der Waals surface area contributed by atoms with E-state index in [0.717, 1.165) is 22.4 Å². The molecule has 1 aliphatic heterocycles. The summed E-state index contributed by atoms with van der Waals surface area (Å²) in [5, 5.41) is 10.6. The van der Waals surface area contributed by atoms with E-state index in [1.54, 1.807) is 19.2 Å². The van der Waals surface area contributed by atoms with Gasteiger partial charge < -0.3 is 19.7 Å². The van der Waals surface area contributed by atoms with Crippen LogP contribution >= 0.6 is 0 Å². The van der Waals surface area contributed by atoms with Gasteiger partial charge in [0.25, 0.3) is 5.95 Å². The van der Waals surface area contributed by atoms with E-state index < -0.39 is 0 Å². The van der Waals surface area contributed by atoms with Gasteiger partial charge in [0.2, 0.25) is 6.39 Å². The molecule has 1 atom stereocenters. The van der Waals surface area contributed by atoms with Gasteiger partial charge in [-0.25, -0.2) is 5.01 Å². The highest BCUT2D eigenvalue weighted by Crippen LogP contribution is 2.35. The van der Waals surface area contributed by atoms with Crippen molar-refractivity contribution in [2.24, 2.45) is 5.10 Å². The van der Waals surface area contributed by atoms with Gasteiger partial charge in [-0.15, -0.1) is 0 Å². The van der Waals surface area contributed by atoms with Gasteiger partial charge in [-0.05, 0) is 48.3 Å². The van der Waals surface area contributed by atoms with Gasteiger partial charge in [-0.3, -0.25) is 0 Å². The molecule has 3 aromatic rings. The van der Waals surface area contributed by atoms with Crippen molar-refractivity contribution in [2.75, 3.05) is 25.0 Å². The molecule has 2 aromatic carbocycles. The Balaban J connectivity index is 1.94. The van der Waals surface area contributed by atoms with Crippen molar-refractivity contribution in [1.29, 1.82) is 0 Å². The van der Waals surface area contributed by atoms with Gasteiger partial charge in [0, 0.05) is 16.8 Å². The molecule has 0 saturated heterocycles. The third-order valence-corrected chi connectivity index (χ3v) is 4.74. The normalized spacial score (nSPS) is 16.2. The molecule has 0 radical (unpaired) electrons. The first-order chi connectivity index (χ1) is 13.6. The first kappa shape index (κ1) is 17.8. The number of hydrogen-bond donors (Lipinski definition) is 1. The molecule has 4 rings (SSSR count). The molecule has 144 valence electrons. The maximum atomic E-state index is 5.87. The van der Waals surface area contributed by atoms with Crippen molar-refractivity contribution >= 4 is 17.3 Å². The van der Waals surface area contributed by atoms with Crippen LogP contribution in [0.4, 0.5) is 11.6 Å². The van der Waals surface area contributed by atoms with Crippen LogP contribution in [-0.2, 0) is 6.42 Å². The van der Waals surface area contributed by atoms with Gasteiger partial charge in [0.05, 0.1) is 26.0 Å². The Hall–Kier alpha value is -3.55. The summed E-state index contributed by atoms with van der Waals surface area (Å²) in [4.78, 5) is 4.18. The number of aromatic nitrogens is 2. The van der Waals surface area contributed by atoms with Gasteiger partial charge in [0.15, 0.2) is 11.5 Å². The fourth-order valence-electron chi connectivity index (χ4n) is 3.34. The summed E-state index contributed by atoms with van der Waals surface area (Å²) in [6, 6.07) is 11.5. The average molecular weight is 379 g/mol. The van der Waals surface area contributed by atoms with Crippen LogP contribution in [0.25, 0.3) is 0 Å². The first-order valence-corrected chi connectivity index (χ1v) is 8.86. The van der Waals surface area contributed by atoms with Crippen molar-refractivity contribution in [3.05, 3.63) is 59.5 Å². The number of ether oxygens (including phenoxy) is 2. The lowest BCUT2D eigenvalue weighted by molar-refractivity contribution is 0.354. The number of nitrogens with zero attached hydrogens (tertiary/aromatic N) is 4. The summed E-state index contributed by atoms with van der Waals surface area (Å²) in [5.74, 6) is 1.73. The third-order valence-electron chi connectivity index (χ3n) is 4.74. The van der Waals surface area contributed by atoms with Crippen LogP contribution in [-0.4, -0.2) is 36.1 Å². The first-order valence-electron chi connectivity index (χ1n) is 8.86. The maximum Gasteiger partial charge on any atom is 0.286 e. The second kappa shape index (κ2) is 7.22. The molecule has 0 saturated carbocycles. The Morgan fingerprint density at radius 1 is 1.11 bits per heavy atom. The quantitative estimate of drug-likeness (QED) is 0.696. The minimum atomic E-state index is 0.000678. The molecular weight excluding hydrogens is 358 g/mol. The Labute approximate surface area is 162 Å². The largest absolute Gasteiger partial charge is 0.493 e. The lowest BCUT2D eigenvalue weighted by Crippen LogP contribution is -2.30. The maximum absolute atomic E-state index is 5.87. The average Bonchev–Trinajstić information content (AvgIpc) is 3.19. The zero-order valence-corrected chi connectivity index (χ0v) is 15.9. The fraction of sp³-hybridized carbons (Fsp3) is 0.250. The number of nitrogen functional groups attached to an aromatic ring is 1. The highest BCUT2D eigenvalue weighted by atomic mass is 16.5. The molecule has 1 aromatic heterocycles. The molecule has 0 bridgehead atoms. The molecule has 0 spiro atoms. The Kier molecular flexibility index (Phi) is 4.60. The molecule has 1 aliphatic rings. The zero-order chi connectivity index (χ0) is 19.7. The van der Waals surface area contributed by atoms with Crippen LogP contribution in [0.1, 0.15) is 23.6 Å². The van der Waals surface area contributed by atoms with Crippen LogP contribution in [0, 0.1) is 0 Å². The second-order valence-electron chi connectivity index (χ2n) is 6.56. The van der Waals surface area contributed by atoms with Crippen molar-refractivity contribution in [1.82, 2.24) is 10.1 Å². The predicted molar refractivity (Wildman–Crippen MR) is 106 cm³/mol. The molecule has 8 heteroatoms. The molecule has 0 amide bonds. The van der Waals surface area contributed by atoms with Gasteiger partial charge in [0.1, 0.15) is 0 Å². The number of rotatable bonds is 4. The molecule has 2 heterocycles. The third kappa shape index (κ3) is 3.13. The highest BCUT2D eigenvalue weighted by Gasteiger charge is 2.28. The minimum Gasteiger partial charge on any atom is -0.493 e. The van der Waals surface area contributed by atoms with Crippen LogP contribution < -0.4 is 20.2 Å². The summed E-state index contributed by atoms with van der Waals surface area (Å²) in [6.07, 6.45) is 2.01. The van der Waals surface area contributed by atoms with Crippen molar-refractivity contribution in [3.8, 4) is 11.5 Å². The Bertz CT molecular complexity index is 999. The van der Waals surface area contributed by atoms with E-state index >= 15 is 0 Å². The van der Waals surface area contributed by atoms with E-state index in [2.05, 4.69) is 17.1 Å². The van der Waals surface area contributed by atoms with Gasteiger partial charge >= 0.3 is 0 Å². The van der Waals surface area contributed by atoms with Crippen molar-refractivity contribution in [3.63, 3.8) is 0 Å². The summed E-state index contributed by atoms with van der Waals surface area (Å²) in [7, 11) is 3.25. The lowest BCUT2D eigenvalue weighted by atomic mass is 9.94. The molecule has 0 fully saturated rings. The van der Waals surface area contributed by atoms with E-state index in [9.17, 15) is 0 Å². The predicted octanol–water partition coefficient (Wildman–Crippen LogP) is 2.87. The summed E-state index contributed by atoms with van der Waals surface area (Å²) in [6.45, 7) is 2.06. The summed E-state index contributed by atoms with van der Waals surface area (Å²) < 4.78 is 16.0. The number of anilines is 2.